The van der Waals surface area contributed by atoms with E-state index in [1.807, 2.05) is 25.5 Å². The third-order valence-corrected chi connectivity index (χ3v) is 4.14. The van der Waals surface area contributed by atoms with E-state index in [-0.39, 0.29) is 30.0 Å². The van der Waals surface area contributed by atoms with Crippen molar-refractivity contribution in [2.24, 2.45) is 18.7 Å². The van der Waals surface area contributed by atoms with Crippen molar-refractivity contribution in [3.63, 3.8) is 0 Å². The average Bonchev–Trinajstić information content (AvgIpc) is 2.82. The number of halogens is 2. The first-order chi connectivity index (χ1) is 10.4. The molecular weight excluding hydrogens is 319 g/mol. The summed E-state index contributed by atoms with van der Waals surface area (Å²) in [6.07, 6.45) is 1.44. The Morgan fingerprint density at radius 1 is 1.48 bits per heavy atom. The summed E-state index contributed by atoms with van der Waals surface area (Å²) in [6, 6.07) is 4.03. The molecule has 2 rings (SSSR count). The van der Waals surface area contributed by atoms with Gasteiger partial charge in [-0.15, -0.1) is 12.4 Å². The van der Waals surface area contributed by atoms with Crippen LogP contribution >= 0.6 is 12.4 Å². The van der Waals surface area contributed by atoms with Crippen LogP contribution in [0.3, 0.4) is 0 Å². The Bertz CT molecular complexity index is 673. The molecule has 2 aromatic rings. The summed E-state index contributed by atoms with van der Waals surface area (Å²) in [5.74, 6) is 0.533. The Morgan fingerprint density at radius 3 is 2.83 bits per heavy atom. The number of nitrogens with two attached hydrogens (primary N) is 1. The number of amides is 1. The van der Waals surface area contributed by atoms with Gasteiger partial charge in [0.05, 0.1) is 17.1 Å². The first-order valence-electron chi connectivity index (χ1n) is 7.58. The maximum atomic E-state index is 13.3. The molecule has 0 fully saturated rings. The van der Waals surface area contributed by atoms with Crippen molar-refractivity contribution in [2.75, 3.05) is 6.54 Å². The summed E-state index contributed by atoms with van der Waals surface area (Å²) in [4.78, 5) is 16.4. The largest absolute Gasteiger partial charge is 0.354 e. The molecule has 3 N–H and O–H groups in total. The van der Waals surface area contributed by atoms with Crippen LogP contribution in [-0.4, -0.2) is 28.0 Å². The quantitative estimate of drug-likeness (QED) is 0.845. The van der Waals surface area contributed by atoms with Crippen molar-refractivity contribution in [1.29, 1.82) is 0 Å². The minimum Gasteiger partial charge on any atom is -0.354 e. The SMILES string of the molecule is CCC(C)C(N)C(=O)NCCc1nc2ccc(F)cc2n1C.Cl. The van der Waals surface area contributed by atoms with Crippen molar-refractivity contribution in [3.05, 3.63) is 29.8 Å². The van der Waals surface area contributed by atoms with E-state index in [0.29, 0.717) is 13.0 Å². The Kier molecular flexibility index (Phi) is 6.97. The number of hydrogen-bond donors (Lipinski definition) is 2. The number of hydrogen-bond acceptors (Lipinski definition) is 3. The molecule has 5 nitrogen and oxygen atoms in total. The number of aryl methyl sites for hydroxylation is 1. The molecule has 0 spiro atoms. The third kappa shape index (κ3) is 4.42. The van der Waals surface area contributed by atoms with Crippen LogP contribution in [0, 0.1) is 11.7 Å². The van der Waals surface area contributed by atoms with Gasteiger partial charge in [-0.05, 0) is 24.1 Å². The summed E-state index contributed by atoms with van der Waals surface area (Å²) in [6.45, 7) is 4.43. The van der Waals surface area contributed by atoms with Crippen molar-refractivity contribution in [2.45, 2.75) is 32.7 Å². The molecule has 2 atom stereocenters. The van der Waals surface area contributed by atoms with Gasteiger partial charge in [0, 0.05) is 20.0 Å². The van der Waals surface area contributed by atoms with Crippen molar-refractivity contribution in [3.8, 4) is 0 Å². The van der Waals surface area contributed by atoms with Crippen LogP contribution in [0.25, 0.3) is 11.0 Å². The average molecular weight is 343 g/mol. The zero-order valence-electron chi connectivity index (χ0n) is 13.7. The van der Waals surface area contributed by atoms with Crippen LogP contribution in [0.2, 0.25) is 0 Å². The van der Waals surface area contributed by atoms with Gasteiger partial charge in [0.25, 0.3) is 0 Å². The lowest BCUT2D eigenvalue weighted by Gasteiger charge is -2.17. The molecule has 0 aliphatic carbocycles. The van der Waals surface area contributed by atoms with Crippen LogP contribution in [0.4, 0.5) is 4.39 Å². The van der Waals surface area contributed by atoms with Gasteiger partial charge in [0.15, 0.2) is 0 Å². The molecule has 0 aliphatic heterocycles. The van der Waals surface area contributed by atoms with Gasteiger partial charge in [-0.3, -0.25) is 4.79 Å². The molecule has 1 aromatic carbocycles. The molecule has 23 heavy (non-hydrogen) atoms. The third-order valence-electron chi connectivity index (χ3n) is 4.14. The number of imidazole rings is 1. The zero-order valence-corrected chi connectivity index (χ0v) is 14.5. The molecule has 2 unspecified atom stereocenters. The highest BCUT2D eigenvalue weighted by Crippen LogP contribution is 2.16. The molecular formula is C16H24ClFN4O. The van der Waals surface area contributed by atoms with Crippen molar-refractivity contribution in [1.82, 2.24) is 14.9 Å². The van der Waals surface area contributed by atoms with Gasteiger partial charge in [-0.1, -0.05) is 20.3 Å². The molecule has 0 aliphatic rings. The minimum atomic E-state index is -0.487. The number of nitrogens with one attached hydrogen (secondary N) is 1. The van der Waals surface area contributed by atoms with E-state index in [1.54, 1.807) is 6.07 Å². The van der Waals surface area contributed by atoms with E-state index in [1.165, 1.54) is 12.1 Å². The van der Waals surface area contributed by atoms with Gasteiger partial charge >= 0.3 is 0 Å². The van der Waals surface area contributed by atoms with E-state index in [2.05, 4.69) is 10.3 Å². The highest BCUT2D eigenvalue weighted by molar-refractivity contribution is 5.85. The summed E-state index contributed by atoms with van der Waals surface area (Å²) in [5, 5.41) is 2.84. The molecule has 1 amide bonds. The fourth-order valence-electron chi connectivity index (χ4n) is 2.36. The minimum absolute atomic E-state index is 0. The molecule has 1 heterocycles. The van der Waals surface area contributed by atoms with Gasteiger partial charge < -0.3 is 15.6 Å². The second kappa shape index (κ2) is 8.26. The van der Waals surface area contributed by atoms with E-state index in [4.69, 9.17) is 5.73 Å². The molecule has 0 saturated carbocycles. The summed E-state index contributed by atoms with van der Waals surface area (Å²) in [5.41, 5.74) is 7.38. The highest BCUT2D eigenvalue weighted by Gasteiger charge is 2.19. The first-order valence-corrected chi connectivity index (χ1v) is 7.58. The monoisotopic (exact) mass is 342 g/mol. The Balaban J connectivity index is 0.00000264. The fraction of sp³-hybridized carbons (Fsp3) is 0.500. The number of nitrogens with zero attached hydrogens (tertiary/aromatic N) is 2. The number of carbonyl (C=O) groups excluding carboxylic acids is 1. The van der Waals surface area contributed by atoms with E-state index in [0.717, 1.165) is 23.3 Å². The molecule has 7 heteroatoms. The number of aromatic nitrogens is 2. The van der Waals surface area contributed by atoms with Gasteiger partial charge in [-0.2, -0.15) is 0 Å². The standard InChI is InChI=1S/C16H23FN4O.ClH/c1-4-10(2)15(18)16(22)19-8-7-14-20-12-6-5-11(17)9-13(12)21(14)3;/h5-6,9-10,15H,4,7-8,18H2,1-3H3,(H,19,22);1H. The number of rotatable bonds is 6. The van der Waals surface area contributed by atoms with Crippen LogP contribution in [0.15, 0.2) is 18.2 Å². The van der Waals surface area contributed by atoms with Gasteiger partial charge in [0.2, 0.25) is 5.91 Å². The van der Waals surface area contributed by atoms with Crippen molar-refractivity contribution >= 4 is 29.3 Å². The van der Waals surface area contributed by atoms with Crippen LogP contribution in [0.5, 0.6) is 0 Å². The van der Waals surface area contributed by atoms with Crippen LogP contribution in [0.1, 0.15) is 26.1 Å². The van der Waals surface area contributed by atoms with E-state index < -0.39 is 6.04 Å². The molecule has 128 valence electrons. The maximum Gasteiger partial charge on any atom is 0.237 e. The first kappa shape index (κ1) is 19.4. The lowest BCUT2D eigenvalue weighted by atomic mass is 9.99. The predicted molar refractivity (Wildman–Crippen MR) is 92.1 cm³/mol. The second-order valence-corrected chi connectivity index (χ2v) is 5.67. The lowest BCUT2D eigenvalue weighted by Crippen LogP contribution is -2.45. The summed E-state index contributed by atoms with van der Waals surface area (Å²) < 4.78 is 15.1. The Labute approximate surface area is 141 Å². The number of fused-ring (bicyclic) bond motifs is 1. The second-order valence-electron chi connectivity index (χ2n) is 5.67. The van der Waals surface area contributed by atoms with Gasteiger partial charge in [0.1, 0.15) is 11.6 Å². The maximum absolute atomic E-state index is 13.3. The zero-order chi connectivity index (χ0) is 16.3. The molecule has 0 radical (unpaired) electrons. The van der Waals surface area contributed by atoms with Crippen LogP contribution in [-0.2, 0) is 18.3 Å². The van der Waals surface area contributed by atoms with E-state index in [9.17, 15) is 9.18 Å². The summed E-state index contributed by atoms with van der Waals surface area (Å²) >= 11 is 0. The summed E-state index contributed by atoms with van der Waals surface area (Å²) in [7, 11) is 1.84. The molecule has 0 saturated heterocycles. The Hall–Kier alpha value is -1.66. The normalized spacial score (nSPS) is 13.4. The molecule has 0 bridgehead atoms. The fourth-order valence-corrected chi connectivity index (χ4v) is 2.36. The smallest absolute Gasteiger partial charge is 0.237 e. The lowest BCUT2D eigenvalue weighted by molar-refractivity contribution is -0.123. The molecule has 1 aromatic heterocycles. The van der Waals surface area contributed by atoms with Crippen molar-refractivity contribution < 1.29 is 9.18 Å². The Morgan fingerprint density at radius 2 is 2.17 bits per heavy atom. The van der Waals surface area contributed by atoms with Crippen LogP contribution < -0.4 is 11.1 Å². The van der Waals surface area contributed by atoms with E-state index >= 15 is 0 Å². The number of benzene rings is 1. The topological polar surface area (TPSA) is 72.9 Å². The number of carbonyl (C=O) groups is 1. The van der Waals surface area contributed by atoms with Gasteiger partial charge in [-0.25, -0.2) is 9.37 Å². The highest BCUT2D eigenvalue weighted by atomic mass is 35.5. The predicted octanol–water partition coefficient (Wildman–Crippen LogP) is 2.17.